The van der Waals surface area contributed by atoms with Gasteiger partial charge in [0.05, 0.1) is 12.7 Å². The van der Waals surface area contributed by atoms with Crippen molar-refractivity contribution >= 4 is 22.8 Å². The molecule has 0 spiro atoms. The first kappa shape index (κ1) is 18.3. The van der Waals surface area contributed by atoms with E-state index in [2.05, 4.69) is 20.8 Å². The molecule has 0 heterocycles. The van der Waals surface area contributed by atoms with Crippen LogP contribution in [-0.4, -0.2) is 18.2 Å². The maximum Gasteiger partial charge on any atom is 0.337 e. The zero-order chi connectivity index (χ0) is 17.9. The van der Waals surface area contributed by atoms with E-state index in [1.807, 2.05) is 37.3 Å². The van der Waals surface area contributed by atoms with E-state index in [4.69, 9.17) is 4.74 Å². The Morgan fingerprint density at radius 1 is 0.958 bits per heavy atom. The molecule has 0 aliphatic heterocycles. The molecule has 2 aromatic rings. The van der Waals surface area contributed by atoms with Gasteiger partial charge >= 0.3 is 5.97 Å². The fraction of sp³-hybridized carbons (Fsp3) is 0.300. The number of ether oxygens (including phenoxy) is 1. The fourth-order valence-electron chi connectivity index (χ4n) is 2.22. The van der Waals surface area contributed by atoms with Crippen LogP contribution < -0.4 is 0 Å². The quantitative estimate of drug-likeness (QED) is 0.581. The maximum atomic E-state index is 12.5. The van der Waals surface area contributed by atoms with Gasteiger partial charge in [-0.25, -0.2) is 4.79 Å². The summed E-state index contributed by atoms with van der Waals surface area (Å²) in [6.07, 6.45) is 0. The molecule has 0 unspecified atom stereocenters. The molecule has 0 fully saturated rings. The average Bonchev–Trinajstić information content (AvgIpc) is 2.55. The lowest BCUT2D eigenvalue weighted by Crippen LogP contribution is -2.11. The van der Waals surface area contributed by atoms with E-state index in [9.17, 15) is 9.59 Å². The second kappa shape index (κ2) is 7.22. The summed E-state index contributed by atoms with van der Waals surface area (Å²) in [5, 5.41) is -0.0411. The standard InChI is InChI=1S/C20H22O3S/c1-13-6-7-15(18(21)23-5)12-17(13)24-19(22)14-8-10-16(11-9-14)20(2,3)4/h6-12H,1-5H3. The molecule has 0 aromatic heterocycles. The van der Waals surface area contributed by atoms with Crippen LogP contribution in [0.5, 0.6) is 0 Å². The first-order valence-corrected chi connectivity index (χ1v) is 8.55. The molecule has 3 nitrogen and oxygen atoms in total. The molecule has 0 radical (unpaired) electrons. The Morgan fingerprint density at radius 3 is 2.08 bits per heavy atom. The first-order chi connectivity index (χ1) is 11.2. The van der Waals surface area contributed by atoms with Crippen molar-refractivity contribution in [3.8, 4) is 0 Å². The Kier molecular flexibility index (Phi) is 5.50. The molecule has 0 bridgehead atoms. The predicted octanol–water partition coefficient (Wildman–Crippen LogP) is 5.01. The third-order valence-corrected chi connectivity index (χ3v) is 4.88. The van der Waals surface area contributed by atoms with E-state index < -0.39 is 5.97 Å². The molecular weight excluding hydrogens is 320 g/mol. The number of rotatable bonds is 3. The molecule has 0 saturated carbocycles. The van der Waals surface area contributed by atoms with Gasteiger partial charge in [-0.15, -0.1) is 0 Å². The van der Waals surface area contributed by atoms with Crippen molar-refractivity contribution in [2.24, 2.45) is 0 Å². The fourth-order valence-corrected chi connectivity index (χ4v) is 3.09. The van der Waals surface area contributed by atoms with Gasteiger partial charge in [0.2, 0.25) is 5.12 Å². The minimum atomic E-state index is -0.404. The first-order valence-electron chi connectivity index (χ1n) is 7.74. The van der Waals surface area contributed by atoms with E-state index in [-0.39, 0.29) is 10.5 Å². The number of thioether (sulfide) groups is 1. The number of benzene rings is 2. The Bertz CT molecular complexity index is 755. The van der Waals surface area contributed by atoms with E-state index >= 15 is 0 Å². The summed E-state index contributed by atoms with van der Waals surface area (Å²) in [4.78, 5) is 24.9. The van der Waals surface area contributed by atoms with Crippen LogP contribution in [0.1, 0.15) is 52.6 Å². The number of hydrogen-bond donors (Lipinski definition) is 0. The van der Waals surface area contributed by atoms with Gasteiger partial charge in [0.25, 0.3) is 0 Å². The summed E-state index contributed by atoms with van der Waals surface area (Å²) in [5.74, 6) is -0.404. The molecule has 0 aliphatic carbocycles. The highest BCUT2D eigenvalue weighted by atomic mass is 32.2. The molecule has 0 aliphatic rings. The van der Waals surface area contributed by atoms with Crippen LogP contribution in [0.4, 0.5) is 0 Å². The number of hydrogen-bond acceptors (Lipinski definition) is 4. The smallest absolute Gasteiger partial charge is 0.337 e. The van der Waals surface area contributed by atoms with Crippen molar-refractivity contribution in [2.75, 3.05) is 7.11 Å². The van der Waals surface area contributed by atoms with Gasteiger partial charge in [-0.05, 0) is 47.4 Å². The molecular formula is C20H22O3S. The van der Waals surface area contributed by atoms with Gasteiger partial charge in [-0.1, -0.05) is 51.1 Å². The molecule has 2 rings (SSSR count). The number of aryl methyl sites for hydroxylation is 1. The summed E-state index contributed by atoms with van der Waals surface area (Å²) >= 11 is 1.13. The van der Waals surface area contributed by atoms with Crippen molar-refractivity contribution in [3.05, 3.63) is 64.7 Å². The van der Waals surface area contributed by atoms with Crippen LogP contribution in [0.2, 0.25) is 0 Å². The normalized spacial score (nSPS) is 11.2. The third kappa shape index (κ3) is 4.26. The Morgan fingerprint density at radius 2 is 1.54 bits per heavy atom. The summed E-state index contributed by atoms with van der Waals surface area (Å²) in [5.41, 5.74) is 3.29. The van der Waals surface area contributed by atoms with Crippen molar-refractivity contribution in [1.82, 2.24) is 0 Å². The average molecular weight is 342 g/mol. The van der Waals surface area contributed by atoms with Crippen molar-refractivity contribution in [3.63, 3.8) is 0 Å². The van der Waals surface area contributed by atoms with Crippen molar-refractivity contribution in [1.29, 1.82) is 0 Å². The summed E-state index contributed by atoms with van der Waals surface area (Å²) in [7, 11) is 1.34. The molecule has 2 aromatic carbocycles. The van der Waals surface area contributed by atoms with Gasteiger partial charge in [-0.2, -0.15) is 0 Å². The number of methoxy groups -OCH3 is 1. The van der Waals surface area contributed by atoms with Gasteiger partial charge < -0.3 is 4.74 Å². The molecule has 0 atom stereocenters. The summed E-state index contributed by atoms with van der Waals surface area (Å²) in [6, 6.07) is 12.9. The lowest BCUT2D eigenvalue weighted by Gasteiger charge is -2.19. The monoisotopic (exact) mass is 342 g/mol. The van der Waals surface area contributed by atoms with Gasteiger partial charge in [0.15, 0.2) is 0 Å². The highest BCUT2D eigenvalue weighted by molar-refractivity contribution is 8.14. The van der Waals surface area contributed by atoms with Crippen LogP contribution in [0, 0.1) is 6.92 Å². The lowest BCUT2D eigenvalue weighted by molar-refractivity contribution is 0.0600. The Hall–Kier alpha value is -2.07. The largest absolute Gasteiger partial charge is 0.465 e. The second-order valence-corrected chi connectivity index (χ2v) is 7.70. The SMILES string of the molecule is COC(=O)c1ccc(C)c(SC(=O)c2ccc(C(C)(C)C)cc2)c1. The number of carbonyl (C=O) groups excluding carboxylic acids is 2. The van der Waals surface area contributed by atoms with Crippen molar-refractivity contribution in [2.45, 2.75) is 38.0 Å². The zero-order valence-electron chi connectivity index (χ0n) is 14.7. The van der Waals surface area contributed by atoms with E-state index in [1.165, 1.54) is 12.7 Å². The molecule has 4 heteroatoms. The molecule has 0 N–H and O–H groups in total. The molecule has 0 saturated heterocycles. The predicted molar refractivity (Wildman–Crippen MR) is 97.8 cm³/mol. The number of carbonyl (C=O) groups is 2. The van der Waals surface area contributed by atoms with Crippen LogP contribution in [0.25, 0.3) is 0 Å². The van der Waals surface area contributed by atoms with Crippen LogP contribution in [0.15, 0.2) is 47.4 Å². The molecule has 126 valence electrons. The topological polar surface area (TPSA) is 43.4 Å². The Labute approximate surface area is 147 Å². The molecule has 24 heavy (non-hydrogen) atoms. The Balaban J connectivity index is 2.22. The summed E-state index contributed by atoms with van der Waals surface area (Å²) < 4.78 is 4.73. The highest BCUT2D eigenvalue weighted by Gasteiger charge is 2.16. The third-order valence-electron chi connectivity index (χ3n) is 3.80. The summed E-state index contributed by atoms with van der Waals surface area (Å²) in [6.45, 7) is 8.33. The van der Waals surface area contributed by atoms with Crippen LogP contribution in [0.3, 0.4) is 0 Å². The zero-order valence-corrected chi connectivity index (χ0v) is 15.5. The van der Waals surface area contributed by atoms with E-state index in [0.29, 0.717) is 11.1 Å². The van der Waals surface area contributed by atoms with Crippen LogP contribution in [-0.2, 0) is 10.2 Å². The second-order valence-electron chi connectivity index (χ2n) is 6.69. The maximum absolute atomic E-state index is 12.5. The van der Waals surface area contributed by atoms with Gasteiger partial charge in [0, 0.05) is 10.5 Å². The molecule has 0 amide bonds. The van der Waals surface area contributed by atoms with E-state index in [0.717, 1.165) is 22.2 Å². The van der Waals surface area contributed by atoms with E-state index in [1.54, 1.807) is 12.1 Å². The van der Waals surface area contributed by atoms with Gasteiger partial charge in [0.1, 0.15) is 0 Å². The lowest BCUT2D eigenvalue weighted by atomic mass is 9.87. The van der Waals surface area contributed by atoms with Crippen molar-refractivity contribution < 1.29 is 14.3 Å². The van der Waals surface area contributed by atoms with Crippen LogP contribution >= 0.6 is 11.8 Å². The number of esters is 1. The highest BCUT2D eigenvalue weighted by Crippen LogP contribution is 2.29. The minimum absolute atomic E-state index is 0.0411. The minimum Gasteiger partial charge on any atom is -0.465 e. The van der Waals surface area contributed by atoms with Gasteiger partial charge in [-0.3, -0.25) is 4.79 Å².